The van der Waals surface area contributed by atoms with E-state index >= 15 is 0 Å². The number of benzene rings is 4. The van der Waals surface area contributed by atoms with Crippen LogP contribution in [0.3, 0.4) is 0 Å². The van der Waals surface area contributed by atoms with Crippen LogP contribution in [-0.4, -0.2) is 50.4 Å². The lowest BCUT2D eigenvalue weighted by Gasteiger charge is -2.34. The largest absolute Gasteiger partial charge is 0.494 e. The van der Waals surface area contributed by atoms with Gasteiger partial charge in [-0.25, -0.2) is 12.8 Å². The molecular weight excluding hydrogens is 653 g/mol. The third-order valence-electron chi connectivity index (χ3n) is 8.33. The molecule has 0 spiro atoms. The molecule has 0 bridgehead atoms. The molecule has 0 saturated heterocycles. The van der Waals surface area contributed by atoms with Crippen molar-refractivity contribution < 1.29 is 27.1 Å². The van der Waals surface area contributed by atoms with E-state index in [9.17, 15) is 22.4 Å². The minimum absolute atomic E-state index is 0.00462. The van der Waals surface area contributed by atoms with Gasteiger partial charge in [0.2, 0.25) is 11.8 Å². The molecule has 11 heteroatoms. The minimum Gasteiger partial charge on any atom is -0.494 e. The fourth-order valence-corrected chi connectivity index (χ4v) is 7.52. The molecule has 0 radical (unpaired) electrons. The number of rotatable bonds is 14. The molecule has 4 aromatic carbocycles. The molecule has 1 atom stereocenters. The van der Waals surface area contributed by atoms with Crippen molar-refractivity contribution >= 4 is 39.1 Å². The van der Waals surface area contributed by atoms with Gasteiger partial charge in [-0.2, -0.15) is 0 Å². The number of carbonyl (C=O) groups is 2. The van der Waals surface area contributed by atoms with Crippen molar-refractivity contribution in [3.05, 3.63) is 125 Å². The van der Waals surface area contributed by atoms with Crippen LogP contribution in [0.1, 0.15) is 43.7 Å². The Hall–Kier alpha value is -4.41. The first-order valence-corrected chi connectivity index (χ1v) is 17.8. The van der Waals surface area contributed by atoms with Crippen molar-refractivity contribution in [2.45, 2.75) is 62.6 Å². The monoisotopic (exact) mass is 691 g/mol. The number of ether oxygens (including phenoxy) is 1. The zero-order chi connectivity index (χ0) is 34.1. The van der Waals surface area contributed by atoms with Crippen LogP contribution in [0.5, 0.6) is 5.75 Å². The maximum Gasteiger partial charge on any atom is 0.264 e. The predicted molar refractivity (Wildman–Crippen MR) is 185 cm³/mol. The van der Waals surface area contributed by atoms with Crippen molar-refractivity contribution in [1.29, 1.82) is 0 Å². The third kappa shape index (κ3) is 8.93. The lowest BCUT2D eigenvalue weighted by Crippen LogP contribution is -2.54. The van der Waals surface area contributed by atoms with Crippen LogP contribution < -0.4 is 14.4 Å². The molecule has 0 aliphatic heterocycles. The van der Waals surface area contributed by atoms with Crippen molar-refractivity contribution in [3.8, 4) is 5.75 Å². The summed E-state index contributed by atoms with van der Waals surface area (Å²) < 4.78 is 48.8. The summed E-state index contributed by atoms with van der Waals surface area (Å²) in [4.78, 5) is 30.0. The summed E-state index contributed by atoms with van der Waals surface area (Å²) in [6.45, 7) is 1.57. The average Bonchev–Trinajstić information content (AvgIpc) is 3.59. The van der Waals surface area contributed by atoms with E-state index in [1.165, 1.54) is 41.3 Å². The summed E-state index contributed by atoms with van der Waals surface area (Å²) in [6, 6.07) is 26.2. The van der Waals surface area contributed by atoms with Crippen LogP contribution in [0.2, 0.25) is 5.02 Å². The molecule has 1 aliphatic rings. The van der Waals surface area contributed by atoms with Crippen molar-refractivity contribution in [2.75, 3.05) is 17.5 Å². The maximum absolute atomic E-state index is 14.6. The van der Waals surface area contributed by atoms with Crippen molar-refractivity contribution in [3.63, 3.8) is 0 Å². The Morgan fingerprint density at radius 2 is 1.58 bits per heavy atom. The predicted octanol–water partition coefficient (Wildman–Crippen LogP) is 6.77. The lowest BCUT2D eigenvalue weighted by molar-refractivity contribution is -0.140. The van der Waals surface area contributed by atoms with E-state index in [1.54, 1.807) is 24.3 Å². The summed E-state index contributed by atoms with van der Waals surface area (Å²) in [5.74, 6) is -0.997. The second-order valence-corrected chi connectivity index (χ2v) is 14.0. The molecule has 1 fully saturated rings. The fourth-order valence-electron chi connectivity index (χ4n) is 5.89. The smallest absolute Gasteiger partial charge is 0.264 e. The highest BCUT2D eigenvalue weighted by Crippen LogP contribution is 2.27. The second kappa shape index (κ2) is 16.1. The highest BCUT2D eigenvalue weighted by molar-refractivity contribution is 7.92. The number of sulfonamides is 1. The van der Waals surface area contributed by atoms with E-state index in [4.69, 9.17) is 16.3 Å². The van der Waals surface area contributed by atoms with Gasteiger partial charge in [0.1, 0.15) is 24.2 Å². The van der Waals surface area contributed by atoms with Crippen LogP contribution in [0.25, 0.3) is 0 Å². The SMILES string of the molecule is CCOc1ccc(S(=O)(=O)N(CC(=O)N(Cc2cccc(Cl)c2)[C@@H](Cc2ccccc2)C(=O)NC2CCCC2)c2ccc(F)cc2)cc1. The molecule has 1 aliphatic carbocycles. The number of hydrogen-bond acceptors (Lipinski definition) is 5. The average molecular weight is 692 g/mol. The molecule has 0 aromatic heterocycles. The number of hydrogen-bond donors (Lipinski definition) is 1. The van der Waals surface area contributed by atoms with E-state index in [-0.39, 0.29) is 35.5 Å². The highest BCUT2D eigenvalue weighted by Gasteiger charge is 2.35. The number of anilines is 1. The molecule has 8 nitrogen and oxygen atoms in total. The topological polar surface area (TPSA) is 96.0 Å². The van der Waals surface area contributed by atoms with Gasteiger partial charge in [0.25, 0.3) is 10.0 Å². The molecule has 1 saturated carbocycles. The number of carbonyl (C=O) groups excluding carboxylic acids is 2. The molecule has 5 rings (SSSR count). The van der Waals surface area contributed by atoms with Gasteiger partial charge in [0.15, 0.2) is 0 Å². The van der Waals surface area contributed by atoms with Gasteiger partial charge in [0, 0.05) is 24.0 Å². The summed E-state index contributed by atoms with van der Waals surface area (Å²) >= 11 is 6.32. The van der Waals surface area contributed by atoms with E-state index in [2.05, 4.69) is 5.32 Å². The number of amides is 2. The van der Waals surface area contributed by atoms with Crippen LogP contribution >= 0.6 is 11.6 Å². The van der Waals surface area contributed by atoms with Crippen molar-refractivity contribution in [1.82, 2.24) is 10.2 Å². The van der Waals surface area contributed by atoms with Crippen LogP contribution in [0, 0.1) is 5.82 Å². The third-order valence-corrected chi connectivity index (χ3v) is 10.4. The van der Waals surface area contributed by atoms with E-state index in [0.29, 0.717) is 22.9 Å². The van der Waals surface area contributed by atoms with Gasteiger partial charge in [-0.3, -0.25) is 13.9 Å². The summed E-state index contributed by atoms with van der Waals surface area (Å²) in [6.07, 6.45) is 3.92. The van der Waals surface area contributed by atoms with Crippen LogP contribution in [0.15, 0.2) is 108 Å². The zero-order valence-electron chi connectivity index (χ0n) is 26.7. The first-order valence-electron chi connectivity index (χ1n) is 16.0. The Kier molecular flexibility index (Phi) is 11.7. The Balaban J connectivity index is 1.55. The first-order chi connectivity index (χ1) is 23.1. The van der Waals surface area contributed by atoms with Crippen LogP contribution in [-0.2, 0) is 32.6 Å². The fraction of sp³-hybridized carbons (Fsp3) is 0.297. The maximum atomic E-state index is 14.6. The van der Waals surface area contributed by atoms with Gasteiger partial charge in [0.05, 0.1) is 17.2 Å². The minimum atomic E-state index is -4.34. The quantitative estimate of drug-likeness (QED) is 0.158. The van der Waals surface area contributed by atoms with Gasteiger partial charge >= 0.3 is 0 Å². The van der Waals surface area contributed by atoms with E-state index in [1.807, 2.05) is 37.3 Å². The summed E-state index contributed by atoms with van der Waals surface area (Å²) in [7, 11) is -4.34. The molecule has 0 heterocycles. The Morgan fingerprint density at radius 1 is 0.917 bits per heavy atom. The molecule has 48 heavy (non-hydrogen) atoms. The molecule has 4 aromatic rings. The van der Waals surface area contributed by atoms with Crippen molar-refractivity contribution in [2.24, 2.45) is 0 Å². The standard InChI is InChI=1S/C37H39ClFN3O5S/c1-2-47-33-19-21-34(22-20-33)48(45,46)42(32-17-15-30(39)16-18-32)26-36(43)41(25-28-11-8-12-29(38)23-28)35(24-27-9-4-3-5-10-27)37(44)40-31-13-6-7-14-31/h3-5,8-12,15-23,31,35H,2,6-7,13-14,24-26H2,1H3,(H,40,44)/t35-/m0/s1. The van der Waals surface area contributed by atoms with Gasteiger partial charge < -0.3 is 15.0 Å². The second-order valence-electron chi connectivity index (χ2n) is 11.7. The number of nitrogens with one attached hydrogen (secondary N) is 1. The first kappa shape index (κ1) is 34.9. The molecular formula is C37H39ClFN3O5S. The Labute approximate surface area is 286 Å². The lowest BCUT2D eigenvalue weighted by atomic mass is 10.0. The van der Waals surface area contributed by atoms with E-state index in [0.717, 1.165) is 47.7 Å². The Morgan fingerprint density at radius 3 is 2.23 bits per heavy atom. The molecule has 1 N–H and O–H groups in total. The van der Waals surface area contributed by atoms with Gasteiger partial charge in [-0.05, 0) is 91.6 Å². The highest BCUT2D eigenvalue weighted by atomic mass is 35.5. The summed E-state index contributed by atoms with van der Waals surface area (Å²) in [5, 5.41) is 3.61. The zero-order valence-corrected chi connectivity index (χ0v) is 28.3. The Bertz CT molecular complexity index is 1780. The number of halogens is 2. The molecule has 2 amide bonds. The van der Waals surface area contributed by atoms with Crippen LogP contribution in [0.4, 0.5) is 10.1 Å². The molecule has 252 valence electrons. The van der Waals surface area contributed by atoms with Gasteiger partial charge in [-0.1, -0.05) is 66.9 Å². The van der Waals surface area contributed by atoms with Gasteiger partial charge in [-0.15, -0.1) is 0 Å². The van der Waals surface area contributed by atoms with E-state index < -0.39 is 34.3 Å². The molecule has 0 unspecified atom stereocenters. The summed E-state index contributed by atoms with van der Waals surface area (Å²) in [5.41, 5.74) is 1.60. The number of nitrogens with zero attached hydrogens (tertiary/aromatic N) is 2. The normalized spacial score (nSPS) is 13.9.